The number of fused-ring (bicyclic) bond motifs is 3. The molecule has 13 nitrogen and oxygen atoms in total. The normalized spacial score (nSPS) is 19.2. The number of aromatic nitrogens is 3. The number of hydrogen-bond donors (Lipinski definition) is 4. The largest absolute Gasteiger partial charge is 0.487 e. The van der Waals surface area contributed by atoms with E-state index in [1.54, 1.807) is 29.1 Å². The van der Waals surface area contributed by atoms with Crippen molar-refractivity contribution in [3.63, 3.8) is 0 Å². The number of aromatic amines is 1. The van der Waals surface area contributed by atoms with E-state index < -0.39 is 64.7 Å². The average Bonchev–Trinajstić information content (AvgIpc) is 4.05. The molecule has 382 valence electrons. The lowest BCUT2D eigenvalue weighted by molar-refractivity contribution is -0.144. The highest BCUT2D eigenvalue weighted by Gasteiger charge is 2.45. The summed E-state index contributed by atoms with van der Waals surface area (Å²) in [5.41, 5.74) is 5.89. The number of pyridine rings is 1. The van der Waals surface area contributed by atoms with E-state index in [9.17, 15) is 19.5 Å². The fraction of sp³-hybridized carbons (Fsp3) is 0.436. The SMILES string of the molecule is Cc1ncsc1-c1ccc([C@H](C)NC(=O)[C@@H]2C[C@@H](O)CN2C(=O)[C@@H](NC(=O)COCCc2ccc(COc3cc(F)c([C@@H]4c5[nH]c6ccccc6c5C[C@@H](C)N4CC(C)(C)F)c(F)c3)nc2)C(C)(C)C)cc1. The molecule has 4 N–H and O–H groups in total. The third-order valence-electron chi connectivity index (χ3n) is 13.5. The molecule has 2 aliphatic heterocycles. The van der Waals surface area contributed by atoms with Crippen molar-refractivity contribution in [3.8, 4) is 16.2 Å². The van der Waals surface area contributed by atoms with E-state index in [1.165, 1.54) is 18.7 Å². The van der Waals surface area contributed by atoms with E-state index in [4.69, 9.17) is 9.47 Å². The summed E-state index contributed by atoms with van der Waals surface area (Å²) in [5, 5.41) is 17.5. The molecule has 3 aromatic heterocycles. The van der Waals surface area contributed by atoms with E-state index in [2.05, 4.69) is 25.6 Å². The minimum Gasteiger partial charge on any atom is -0.487 e. The van der Waals surface area contributed by atoms with Gasteiger partial charge < -0.3 is 35.1 Å². The Kier molecular flexibility index (Phi) is 15.6. The minimum atomic E-state index is -1.62. The molecule has 6 aromatic rings. The number of para-hydroxylation sites is 1. The maximum absolute atomic E-state index is 16.2. The number of benzene rings is 3. The third-order valence-corrected chi connectivity index (χ3v) is 14.5. The van der Waals surface area contributed by atoms with E-state index in [1.807, 2.05) is 101 Å². The van der Waals surface area contributed by atoms with Gasteiger partial charge in [0.25, 0.3) is 0 Å². The highest BCUT2D eigenvalue weighted by Crippen LogP contribution is 2.44. The first-order valence-corrected chi connectivity index (χ1v) is 25.3. The second-order valence-electron chi connectivity index (χ2n) is 20.8. The summed E-state index contributed by atoms with van der Waals surface area (Å²) in [7, 11) is 0. The molecule has 0 bridgehead atoms. The van der Waals surface area contributed by atoms with Crippen molar-refractivity contribution in [2.75, 3.05) is 26.3 Å². The fourth-order valence-electron chi connectivity index (χ4n) is 9.82. The lowest BCUT2D eigenvalue weighted by Crippen LogP contribution is -2.58. The van der Waals surface area contributed by atoms with Gasteiger partial charge in [-0.25, -0.2) is 18.2 Å². The molecule has 1 saturated heterocycles. The van der Waals surface area contributed by atoms with E-state index >= 15 is 13.2 Å². The molecule has 17 heteroatoms. The highest BCUT2D eigenvalue weighted by molar-refractivity contribution is 7.13. The molecule has 3 amide bonds. The van der Waals surface area contributed by atoms with Crippen molar-refractivity contribution in [2.45, 2.75) is 123 Å². The zero-order chi connectivity index (χ0) is 51.6. The number of nitrogens with zero attached hydrogens (tertiary/aromatic N) is 4. The van der Waals surface area contributed by atoms with Crippen LogP contribution in [0.1, 0.15) is 106 Å². The molecule has 72 heavy (non-hydrogen) atoms. The van der Waals surface area contributed by atoms with Gasteiger partial charge in [0.2, 0.25) is 17.7 Å². The monoisotopic (exact) mass is 1010 g/mol. The maximum Gasteiger partial charge on any atom is 0.246 e. The number of carbonyl (C=O) groups is 3. The lowest BCUT2D eigenvalue weighted by atomic mass is 9.85. The van der Waals surface area contributed by atoms with Crippen LogP contribution in [0.3, 0.4) is 0 Å². The van der Waals surface area contributed by atoms with Crippen molar-refractivity contribution in [2.24, 2.45) is 5.41 Å². The molecule has 6 atom stereocenters. The van der Waals surface area contributed by atoms with Gasteiger partial charge >= 0.3 is 0 Å². The average molecular weight is 1010 g/mol. The number of halogens is 3. The van der Waals surface area contributed by atoms with E-state index in [0.717, 1.165) is 55.9 Å². The second kappa shape index (κ2) is 21.5. The van der Waals surface area contributed by atoms with Gasteiger partial charge in [0.15, 0.2) is 0 Å². The summed E-state index contributed by atoms with van der Waals surface area (Å²) < 4.78 is 59.2. The van der Waals surface area contributed by atoms with Crippen LogP contribution in [-0.2, 0) is 38.6 Å². The predicted octanol–water partition coefficient (Wildman–Crippen LogP) is 8.87. The number of aliphatic hydroxyl groups excluding tert-OH is 1. The van der Waals surface area contributed by atoms with Crippen molar-refractivity contribution < 1.29 is 42.1 Å². The van der Waals surface area contributed by atoms with Gasteiger partial charge in [-0.3, -0.25) is 24.3 Å². The maximum atomic E-state index is 16.2. The molecule has 0 unspecified atom stereocenters. The molecule has 0 radical (unpaired) electrons. The van der Waals surface area contributed by atoms with Gasteiger partial charge in [0.05, 0.1) is 46.6 Å². The Bertz CT molecular complexity index is 2870. The Labute approximate surface area is 422 Å². The molecule has 0 saturated carbocycles. The number of aliphatic hydroxyl groups is 1. The van der Waals surface area contributed by atoms with Crippen LogP contribution < -0.4 is 15.4 Å². The first-order valence-electron chi connectivity index (χ1n) is 24.4. The van der Waals surface area contributed by atoms with Gasteiger partial charge in [-0.15, -0.1) is 11.3 Å². The van der Waals surface area contributed by atoms with Gasteiger partial charge in [0, 0.05) is 66.0 Å². The summed E-state index contributed by atoms with van der Waals surface area (Å²) in [6.07, 6.45) is 1.79. The van der Waals surface area contributed by atoms with Crippen LogP contribution in [0.2, 0.25) is 0 Å². The highest BCUT2D eigenvalue weighted by atomic mass is 32.1. The van der Waals surface area contributed by atoms with Crippen LogP contribution in [0.5, 0.6) is 5.75 Å². The lowest BCUT2D eigenvalue weighted by Gasteiger charge is -2.43. The van der Waals surface area contributed by atoms with E-state index in [0.29, 0.717) is 24.2 Å². The Morgan fingerprint density at radius 3 is 2.36 bits per heavy atom. The van der Waals surface area contributed by atoms with Crippen molar-refractivity contribution in [1.82, 2.24) is 35.4 Å². The first kappa shape index (κ1) is 52.2. The molecule has 1 fully saturated rings. The molecule has 0 spiro atoms. The molecular weight excluding hydrogens is 944 g/mol. The van der Waals surface area contributed by atoms with Gasteiger partial charge in [-0.05, 0) is 87.3 Å². The van der Waals surface area contributed by atoms with Crippen LogP contribution in [0.15, 0.2) is 84.5 Å². The van der Waals surface area contributed by atoms with Crippen molar-refractivity contribution in [3.05, 3.63) is 135 Å². The number of β-amino-alcohol motifs (C(OH)–C–C–N with tert-alkyl or cyclic N) is 1. The topological polar surface area (TPSA) is 162 Å². The summed E-state index contributed by atoms with van der Waals surface area (Å²) in [5.74, 6) is -3.02. The zero-order valence-electron chi connectivity index (χ0n) is 42.0. The zero-order valence-corrected chi connectivity index (χ0v) is 42.8. The first-order chi connectivity index (χ1) is 34.1. The number of alkyl halides is 1. The minimum absolute atomic E-state index is 0.0194. The number of aryl methyl sites for hydroxylation is 1. The Morgan fingerprint density at radius 1 is 0.986 bits per heavy atom. The number of rotatable bonds is 17. The number of thiazole rings is 1. The summed E-state index contributed by atoms with van der Waals surface area (Å²) in [6, 6.07) is 18.0. The number of likely N-dealkylation sites (tertiary alicyclic amines) is 1. The fourth-order valence-corrected chi connectivity index (χ4v) is 10.6. The summed E-state index contributed by atoms with van der Waals surface area (Å²) in [6.45, 7) is 13.8. The number of nitrogens with one attached hydrogen (secondary N) is 3. The van der Waals surface area contributed by atoms with Crippen LogP contribution >= 0.6 is 11.3 Å². The Balaban J connectivity index is 0.825. The number of carbonyl (C=O) groups excluding carboxylic acids is 3. The molecule has 3 aromatic carbocycles. The summed E-state index contributed by atoms with van der Waals surface area (Å²) in [4.78, 5) is 57.5. The Hall–Kier alpha value is -6.14. The molecule has 5 heterocycles. The van der Waals surface area contributed by atoms with Gasteiger partial charge in [0.1, 0.15) is 48.4 Å². The number of amides is 3. The van der Waals surface area contributed by atoms with Crippen LogP contribution in [0.4, 0.5) is 13.2 Å². The van der Waals surface area contributed by atoms with Gasteiger partial charge in [-0.1, -0.05) is 69.3 Å². The van der Waals surface area contributed by atoms with E-state index in [-0.39, 0.29) is 62.7 Å². The molecule has 8 rings (SSSR count). The van der Waals surface area contributed by atoms with Crippen LogP contribution in [-0.4, -0.2) is 104 Å². The van der Waals surface area contributed by atoms with Crippen molar-refractivity contribution in [1.29, 1.82) is 0 Å². The standard InChI is InChI=1S/C55H64F3N7O6S/c1-31-21-41-40-11-9-10-12-44(40)62-48(41)49(65(31)29-55(7,8)58)47-42(56)23-39(24-43(47)57)71-27-37-18-13-34(25-59-37)19-20-70-28-46(67)63-51(54(4,5)6)53(69)64-26-38(66)22-45(64)52(68)61-32(2)35-14-16-36(17-15-35)50-33(3)60-30-72-50/h9-18,23-25,30-32,38,45,49,51,62,66H,19-22,26-29H2,1-8H3,(H,61,68)(H,63,67)/t31-,32+,38-,45+,49-,51-/m1/s1. The molecular formula is C55H64F3N7O6S. The number of H-pyrrole nitrogens is 1. The second-order valence-corrected chi connectivity index (χ2v) is 21.7. The van der Waals surface area contributed by atoms with Crippen LogP contribution in [0, 0.1) is 24.0 Å². The van der Waals surface area contributed by atoms with Crippen molar-refractivity contribution >= 4 is 40.0 Å². The van der Waals surface area contributed by atoms with Gasteiger partial charge in [-0.2, -0.15) is 0 Å². The molecule has 0 aliphatic carbocycles. The molecule has 2 aliphatic rings. The Morgan fingerprint density at radius 2 is 1.71 bits per heavy atom. The number of ether oxygens (including phenoxy) is 2. The third kappa shape index (κ3) is 11.9. The van der Waals surface area contributed by atoms with Crippen LogP contribution in [0.25, 0.3) is 21.3 Å². The summed E-state index contributed by atoms with van der Waals surface area (Å²) >= 11 is 1.56. The quantitative estimate of drug-likeness (QED) is 0.0655. The predicted molar refractivity (Wildman–Crippen MR) is 271 cm³/mol. The number of hydrogen-bond acceptors (Lipinski definition) is 10. The smallest absolute Gasteiger partial charge is 0.246 e.